The Bertz CT molecular complexity index is 292. The molecule has 1 rings (SSSR count). The van der Waals surface area contributed by atoms with Crippen LogP contribution in [0.4, 0.5) is 0 Å². The van der Waals surface area contributed by atoms with Gasteiger partial charge in [0, 0.05) is 25.4 Å². The fourth-order valence-electron chi connectivity index (χ4n) is 1.61. The lowest BCUT2D eigenvalue weighted by Crippen LogP contribution is -2.49. The molecule has 1 heterocycles. The van der Waals surface area contributed by atoms with Gasteiger partial charge in [-0.15, -0.1) is 0 Å². The molecule has 0 aromatic heterocycles. The Balaban J connectivity index is 2.36. The van der Waals surface area contributed by atoms with E-state index >= 15 is 0 Å². The minimum absolute atomic E-state index is 0.0366. The zero-order valence-electron chi connectivity index (χ0n) is 9.35. The Morgan fingerprint density at radius 1 is 1.60 bits per heavy atom. The van der Waals surface area contributed by atoms with Crippen LogP contribution in [0.1, 0.15) is 6.42 Å². The second kappa shape index (κ2) is 5.25. The molecule has 5 nitrogen and oxygen atoms in total. The first-order valence-corrected chi connectivity index (χ1v) is 7.18. The molecule has 6 heteroatoms. The standard InChI is InChI=1S/C9H20N2O3S/c1-11-4-5-14-9(7-11)8(10)3-6-15(2,12)13/h8-9H,3-7,10H2,1-2H3. The first-order valence-electron chi connectivity index (χ1n) is 5.12. The predicted octanol–water partition coefficient (Wildman–Crippen LogP) is -0.921. The molecule has 0 aromatic carbocycles. The number of hydrogen-bond acceptors (Lipinski definition) is 5. The van der Waals surface area contributed by atoms with Gasteiger partial charge in [0.05, 0.1) is 18.5 Å². The number of hydrogen-bond donors (Lipinski definition) is 1. The molecule has 0 radical (unpaired) electrons. The number of sulfone groups is 1. The zero-order valence-corrected chi connectivity index (χ0v) is 10.2. The van der Waals surface area contributed by atoms with Gasteiger partial charge in [0.25, 0.3) is 0 Å². The Labute approximate surface area is 91.5 Å². The van der Waals surface area contributed by atoms with Gasteiger partial charge >= 0.3 is 0 Å². The Morgan fingerprint density at radius 3 is 2.80 bits per heavy atom. The molecule has 1 fully saturated rings. The molecule has 0 amide bonds. The van der Waals surface area contributed by atoms with E-state index in [1.807, 2.05) is 7.05 Å². The lowest BCUT2D eigenvalue weighted by atomic mass is 10.1. The first-order chi connectivity index (χ1) is 6.88. The van der Waals surface area contributed by atoms with Crippen LogP contribution < -0.4 is 5.73 Å². The third-order valence-electron chi connectivity index (χ3n) is 2.60. The summed E-state index contributed by atoms with van der Waals surface area (Å²) in [5, 5.41) is 0. The van der Waals surface area contributed by atoms with Gasteiger partial charge in [0.2, 0.25) is 0 Å². The molecule has 2 N–H and O–H groups in total. The second-order valence-corrected chi connectivity index (χ2v) is 6.51. The van der Waals surface area contributed by atoms with Gasteiger partial charge < -0.3 is 15.4 Å². The maximum Gasteiger partial charge on any atom is 0.147 e. The van der Waals surface area contributed by atoms with E-state index in [1.54, 1.807) is 0 Å². The van der Waals surface area contributed by atoms with Gasteiger partial charge in [-0.1, -0.05) is 0 Å². The van der Waals surface area contributed by atoms with E-state index in [-0.39, 0.29) is 17.9 Å². The van der Waals surface area contributed by atoms with Crippen LogP contribution in [-0.4, -0.2) is 64.2 Å². The SMILES string of the molecule is CN1CCOC(C(N)CCS(C)(=O)=O)C1. The number of nitrogens with two attached hydrogens (primary N) is 1. The topological polar surface area (TPSA) is 72.6 Å². The van der Waals surface area contributed by atoms with Crippen LogP contribution in [0.5, 0.6) is 0 Å². The van der Waals surface area contributed by atoms with Crippen molar-refractivity contribution in [1.82, 2.24) is 4.90 Å². The van der Waals surface area contributed by atoms with Crippen molar-refractivity contribution in [2.24, 2.45) is 5.73 Å². The highest BCUT2D eigenvalue weighted by Gasteiger charge is 2.24. The average molecular weight is 236 g/mol. The minimum Gasteiger partial charge on any atom is -0.374 e. The molecule has 2 unspecified atom stereocenters. The molecular weight excluding hydrogens is 216 g/mol. The summed E-state index contributed by atoms with van der Waals surface area (Å²) >= 11 is 0. The molecule has 0 saturated carbocycles. The smallest absolute Gasteiger partial charge is 0.147 e. The van der Waals surface area contributed by atoms with Crippen LogP contribution in [0.25, 0.3) is 0 Å². The predicted molar refractivity (Wildman–Crippen MR) is 59.5 cm³/mol. The van der Waals surface area contributed by atoms with Gasteiger partial charge in [-0.05, 0) is 13.5 Å². The Morgan fingerprint density at radius 2 is 2.27 bits per heavy atom. The number of rotatable bonds is 4. The number of morpholine rings is 1. The summed E-state index contributed by atoms with van der Waals surface area (Å²) in [5.74, 6) is 0.137. The second-order valence-electron chi connectivity index (χ2n) is 4.25. The van der Waals surface area contributed by atoms with Crippen molar-refractivity contribution < 1.29 is 13.2 Å². The minimum atomic E-state index is -2.92. The van der Waals surface area contributed by atoms with Gasteiger partial charge in [0.1, 0.15) is 9.84 Å². The van der Waals surface area contributed by atoms with Crippen molar-refractivity contribution in [3.63, 3.8) is 0 Å². The third-order valence-corrected chi connectivity index (χ3v) is 3.57. The molecule has 0 aliphatic carbocycles. The summed E-state index contributed by atoms with van der Waals surface area (Å²) < 4.78 is 27.5. The molecule has 15 heavy (non-hydrogen) atoms. The quantitative estimate of drug-likeness (QED) is 0.683. The van der Waals surface area contributed by atoms with Gasteiger partial charge in [-0.3, -0.25) is 0 Å². The van der Waals surface area contributed by atoms with Crippen molar-refractivity contribution in [2.75, 3.05) is 38.8 Å². The lowest BCUT2D eigenvalue weighted by molar-refractivity contribution is -0.0323. The molecule has 2 atom stereocenters. The van der Waals surface area contributed by atoms with E-state index in [4.69, 9.17) is 10.5 Å². The largest absolute Gasteiger partial charge is 0.374 e. The van der Waals surface area contributed by atoms with Crippen LogP contribution in [0.3, 0.4) is 0 Å². The summed E-state index contributed by atoms with van der Waals surface area (Å²) in [6, 6.07) is -0.192. The molecule has 0 spiro atoms. The van der Waals surface area contributed by atoms with Crippen molar-refractivity contribution in [2.45, 2.75) is 18.6 Å². The van der Waals surface area contributed by atoms with Crippen LogP contribution in [-0.2, 0) is 14.6 Å². The van der Waals surface area contributed by atoms with E-state index in [9.17, 15) is 8.42 Å². The summed E-state index contributed by atoms with van der Waals surface area (Å²) in [6.45, 7) is 2.37. The normalized spacial score (nSPS) is 26.5. The first kappa shape index (κ1) is 12.9. The van der Waals surface area contributed by atoms with E-state index in [1.165, 1.54) is 6.26 Å². The van der Waals surface area contributed by atoms with Crippen LogP contribution in [0.2, 0.25) is 0 Å². The third kappa shape index (κ3) is 4.92. The van der Waals surface area contributed by atoms with Crippen molar-refractivity contribution in [3.05, 3.63) is 0 Å². The van der Waals surface area contributed by atoms with Crippen LogP contribution >= 0.6 is 0 Å². The molecule has 1 saturated heterocycles. The summed E-state index contributed by atoms with van der Waals surface area (Å²) in [7, 11) is -0.908. The van der Waals surface area contributed by atoms with Gasteiger partial charge in [-0.25, -0.2) is 8.42 Å². The molecule has 0 aromatic rings. The molecule has 1 aliphatic rings. The fraction of sp³-hybridized carbons (Fsp3) is 1.00. The fourth-order valence-corrected chi connectivity index (χ4v) is 2.31. The average Bonchev–Trinajstić information content (AvgIpc) is 2.13. The zero-order chi connectivity index (χ0) is 11.5. The van der Waals surface area contributed by atoms with E-state index in [0.717, 1.165) is 13.1 Å². The molecule has 90 valence electrons. The molecule has 1 aliphatic heterocycles. The van der Waals surface area contributed by atoms with Crippen molar-refractivity contribution in [1.29, 1.82) is 0 Å². The maximum atomic E-state index is 11.0. The summed E-state index contributed by atoms with van der Waals surface area (Å²) in [6.07, 6.45) is 1.66. The van der Waals surface area contributed by atoms with Gasteiger partial charge in [0.15, 0.2) is 0 Å². The Hall–Kier alpha value is -0.170. The molecule has 0 bridgehead atoms. The summed E-state index contributed by atoms with van der Waals surface area (Å²) in [4.78, 5) is 2.15. The highest BCUT2D eigenvalue weighted by molar-refractivity contribution is 7.90. The molecular formula is C9H20N2O3S. The maximum absolute atomic E-state index is 11.0. The highest BCUT2D eigenvalue weighted by atomic mass is 32.2. The number of ether oxygens (including phenoxy) is 1. The monoisotopic (exact) mass is 236 g/mol. The summed E-state index contributed by atoms with van der Waals surface area (Å²) in [5.41, 5.74) is 5.90. The number of likely N-dealkylation sites (N-methyl/N-ethyl adjacent to an activating group) is 1. The van der Waals surface area contributed by atoms with Crippen LogP contribution in [0, 0.1) is 0 Å². The highest BCUT2D eigenvalue weighted by Crippen LogP contribution is 2.09. The van der Waals surface area contributed by atoms with E-state index in [2.05, 4.69) is 4.90 Å². The van der Waals surface area contributed by atoms with Crippen molar-refractivity contribution in [3.8, 4) is 0 Å². The number of nitrogens with zero attached hydrogens (tertiary/aromatic N) is 1. The van der Waals surface area contributed by atoms with Crippen molar-refractivity contribution >= 4 is 9.84 Å². The lowest BCUT2D eigenvalue weighted by Gasteiger charge is -2.33. The Kier molecular flexibility index (Phi) is 4.51. The van der Waals surface area contributed by atoms with E-state index < -0.39 is 9.84 Å². The van der Waals surface area contributed by atoms with E-state index in [0.29, 0.717) is 13.0 Å². The van der Waals surface area contributed by atoms with Crippen LogP contribution in [0.15, 0.2) is 0 Å². The van der Waals surface area contributed by atoms with Gasteiger partial charge in [-0.2, -0.15) is 0 Å².